The van der Waals surface area contributed by atoms with Crippen LogP contribution in [-0.4, -0.2) is 30.1 Å². The van der Waals surface area contributed by atoms with Gasteiger partial charge in [0.05, 0.1) is 16.8 Å². The second kappa shape index (κ2) is 6.21. The molecule has 0 aliphatic heterocycles. The zero-order valence-corrected chi connectivity index (χ0v) is 14.6. The highest BCUT2D eigenvalue weighted by atomic mass is 32.2. The van der Waals surface area contributed by atoms with Crippen molar-refractivity contribution in [2.24, 2.45) is 0 Å². The van der Waals surface area contributed by atoms with Gasteiger partial charge in [-0.15, -0.1) is 0 Å². The molecule has 0 aliphatic rings. The van der Waals surface area contributed by atoms with Crippen molar-refractivity contribution in [1.82, 2.24) is 0 Å². The van der Waals surface area contributed by atoms with Crippen LogP contribution in [0.1, 0.15) is 5.56 Å². The summed E-state index contributed by atoms with van der Waals surface area (Å²) in [4.78, 5) is 0.237. The lowest BCUT2D eigenvalue weighted by Crippen LogP contribution is -2.27. The van der Waals surface area contributed by atoms with Gasteiger partial charge in [0, 0.05) is 12.7 Å². The summed E-state index contributed by atoms with van der Waals surface area (Å²) in [5.74, 6) is 0. The van der Waals surface area contributed by atoms with Crippen LogP contribution >= 0.6 is 0 Å². The van der Waals surface area contributed by atoms with Crippen molar-refractivity contribution in [3.63, 3.8) is 0 Å². The molecule has 8 heteroatoms. The third kappa shape index (κ3) is 4.02. The summed E-state index contributed by atoms with van der Waals surface area (Å²) in [5.41, 5.74) is 1.47. The predicted molar refractivity (Wildman–Crippen MR) is 91.7 cm³/mol. The quantitative estimate of drug-likeness (QED) is 0.892. The molecule has 0 radical (unpaired) electrons. The van der Waals surface area contributed by atoms with E-state index in [2.05, 4.69) is 4.72 Å². The lowest BCUT2D eigenvalue weighted by Gasteiger charge is -2.21. The molecule has 0 aromatic heterocycles. The van der Waals surface area contributed by atoms with E-state index in [1.54, 1.807) is 43.3 Å². The normalized spacial score (nSPS) is 12.0. The molecule has 124 valence electrons. The molecular weight excluding hydrogens is 336 g/mol. The molecule has 0 atom stereocenters. The van der Waals surface area contributed by atoms with Gasteiger partial charge in [-0.1, -0.05) is 18.2 Å². The molecule has 0 amide bonds. The Labute approximate surface area is 136 Å². The number of anilines is 2. The number of hydrogen-bond acceptors (Lipinski definition) is 4. The number of aryl methyl sites for hydroxylation is 1. The van der Waals surface area contributed by atoms with Crippen molar-refractivity contribution in [2.75, 3.05) is 22.3 Å². The van der Waals surface area contributed by atoms with Crippen LogP contribution in [0, 0.1) is 6.92 Å². The van der Waals surface area contributed by atoms with Crippen LogP contribution < -0.4 is 9.03 Å². The summed E-state index contributed by atoms with van der Waals surface area (Å²) in [6.07, 6.45) is 1.05. The standard InChI is InChI=1S/C15H18N2O4S2/c1-12-6-4-5-7-15(12)23(20,21)17(2)14-10-8-13(9-11-14)16-22(3,18)19/h4-11,16H,1-3H3. The summed E-state index contributed by atoms with van der Waals surface area (Å²) < 4.78 is 51.2. The molecule has 0 spiro atoms. The van der Waals surface area contributed by atoms with Gasteiger partial charge in [0.25, 0.3) is 10.0 Å². The van der Waals surface area contributed by atoms with Gasteiger partial charge >= 0.3 is 0 Å². The lowest BCUT2D eigenvalue weighted by atomic mass is 10.2. The van der Waals surface area contributed by atoms with E-state index < -0.39 is 20.0 Å². The Kier molecular flexibility index (Phi) is 4.67. The number of hydrogen-bond donors (Lipinski definition) is 1. The van der Waals surface area contributed by atoms with Crippen molar-refractivity contribution in [2.45, 2.75) is 11.8 Å². The molecular formula is C15H18N2O4S2. The predicted octanol–water partition coefficient (Wildman–Crippen LogP) is 2.19. The summed E-state index contributed by atoms with van der Waals surface area (Å²) in [6.45, 7) is 1.74. The van der Waals surface area contributed by atoms with Gasteiger partial charge in [0.15, 0.2) is 0 Å². The SMILES string of the molecule is Cc1ccccc1S(=O)(=O)N(C)c1ccc(NS(C)(=O)=O)cc1. The average molecular weight is 354 g/mol. The average Bonchev–Trinajstić information content (AvgIpc) is 2.46. The second-order valence-corrected chi connectivity index (χ2v) is 8.85. The van der Waals surface area contributed by atoms with Crippen LogP contribution in [-0.2, 0) is 20.0 Å². The van der Waals surface area contributed by atoms with E-state index in [-0.39, 0.29) is 4.90 Å². The smallest absolute Gasteiger partial charge is 0.264 e. The Bertz CT molecular complexity index is 905. The Balaban J connectivity index is 2.33. The van der Waals surface area contributed by atoms with Crippen LogP contribution in [0.2, 0.25) is 0 Å². The number of rotatable bonds is 5. The molecule has 0 unspecified atom stereocenters. The summed E-state index contributed by atoms with van der Waals surface area (Å²) >= 11 is 0. The van der Waals surface area contributed by atoms with Gasteiger partial charge in [0.2, 0.25) is 10.0 Å². The Morgan fingerprint density at radius 1 is 0.913 bits per heavy atom. The summed E-state index contributed by atoms with van der Waals surface area (Å²) in [6, 6.07) is 12.9. The van der Waals surface area contributed by atoms with Gasteiger partial charge in [-0.2, -0.15) is 0 Å². The van der Waals surface area contributed by atoms with Gasteiger partial charge in [-0.05, 0) is 42.8 Å². The molecule has 0 heterocycles. The molecule has 23 heavy (non-hydrogen) atoms. The molecule has 0 aliphatic carbocycles. The summed E-state index contributed by atoms with van der Waals surface area (Å²) in [7, 11) is -5.59. The molecule has 0 bridgehead atoms. The first-order valence-electron chi connectivity index (χ1n) is 6.74. The van der Waals surface area contributed by atoms with Crippen LogP contribution in [0.4, 0.5) is 11.4 Å². The fraction of sp³-hybridized carbons (Fsp3) is 0.200. The summed E-state index contributed by atoms with van der Waals surface area (Å²) in [5, 5.41) is 0. The van der Waals surface area contributed by atoms with E-state index in [0.29, 0.717) is 16.9 Å². The first-order valence-corrected chi connectivity index (χ1v) is 10.1. The highest BCUT2D eigenvalue weighted by Gasteiger charge is 2.22. The zero-order valence-electron chi connectivity index (χ0n) is 13.0. The van der Waals surface area contributed by atoms with Crippen LogP contribution in [0.15, 0.2) is 53.4 Å². The Morgan fingerprint density at radius 2 is 1.48 bits per heavy atom. The Morgan fingerprint density at radius 3 is 2.00 bits per heavy atom. The van der Waals surface area contributed by atoms with Crippen LogP contribution in [0.25, 0.3) is 0 Å². The number of benzene rings is 2. The molecule has 0 saturated carbocycles. The minimum atomic E-state index is -3.68. The van der Waals surface area contributed by atoms with Crippen molar-refractivity contribution in [1.29, 1.82) is 0 Å². The molecule has 2 rings (SSSR count). The van der Waals surface area contributed by atoms with Crippen LogP contribution in [0.5, 0.6) is 0 Å². The van der Waals surface area contributed by atoms with Crippen LogP contribution in [0.3, 0.4) is 0 Å². The number of nitrogens with zero attached hydrogens (tertiary/aromatic N) is 1. The van der Waals surface area contributed by atoms with Crippen molar-refractivity contribution in [3.8, 4) is 0 Å². The molecule has 0 saturated heterocycles. The molecule has 1 N–H and O–H groups in total. The first kappa shape index (κ1) is 17.3. The first-order chi connectivity index (χ1) is 10.6. The van der Waals surface area contributed by atoms with Gasteiger partial charge in [-0.25, -0.2) is 16.8 Å². The van der Waals surface area contributed by atoms with E-state index >= 15 is 0 Å². The fourth-order valence-electron chi connectivity index (χ4n) is 2.09. The monoisotopic (exact) mass is 354 g/mol. The van der Waals surface area contributed by atoms with Gasteiger partial charge in [0.1, 0.15) is 0 Å². The van der Waals surface area contributed by atoms with E-state index in [0.717, 1.165) is 6.26 Å². The van der Waals surface area contributed by atoms with Crippen molar-refractivity contribution in [3.05, 3.63) is 54.1 Å². The largest absolute Gasteiger partial charge is 0.284 e. The lowest BCUT2D eigenvalue weighted by molar-refractivity contribution is 0.593. The molecule has 0 fully saturated rings. The number of sulfonamides is 2. The third-order valence-electron chi connectivity index (χ3n) is 3.27. The minimum Gasteiger partial charge on any atom is -0.284 e. The topological polar surface area (TPSA) is 83.6 Å². The molecule has 2 aromatic rings. The van der Waals surface area contributed by atoms with E-state index in [1.807, 2.05) is 0 Å². The maximum atomic E-state index is 12.7. The van der Waals surface area contributed by atoms with E-state index in [9.17, 15) is 16.8 Å². The van der Waals surface area contributed by atoms with Gasteiger partial charge < -0.3 is 0 Å². The highest BCUT2D eigenvalue weighted by Crippen LogP contribution is 2.25. The zero-order chi connectivity index (χ0) is 17.3. The maximum absolute atomic E-state index is 12.7. The van der Waals surface area contributed by atoms with Gasteiger partial charge in [-0.3, -0.25) is 9.03 Å². The molecule has 2 aromatic carbocycles. The Hall–Kier alpha value is -2.06. The van der Waals surface area contributed by atoms with Crippen molar-refractivity contribution >= 4 is 31.4 Å². The second-order valence-electron chi connectivity index (χ2n) is 5.16. The number of nitrogens with one attached hydrogen (secondary N) is 1. The van der Waals surface area contributed by atoms with E-state index in [1.165, 1.54) is 23.5 Å². The van der Waals surface area contributed by atoms with Crippen molar-refractivity contribution < 1.29 is 16.8 Å². The molecule has 6 nitrogen and oxygen atoms in total. The fourth-order valence-corrected chi connectivity index (χ4v) is 4.07. The maximum Gasteiger partial charge on any atom is 0.264 e. The van der Waals surface area contributed by atoms with E-state index in [4.69, 9.17) is 0 Å². The minimum absolute atomic E-state index is 0.237. The third-order valence-corrected chi connectivity index (χ3v) is 5.82. The highest BCUT2D eigenvalue weighted by molar-refractivity contribution is 7.93.